The summed E-state index contributed by atoms with van der Waals surface area (Å²) in [4.78, 5) is 0. The van der Waals surface area contributed by atoms with Crippen LogP contribution in [0.3, 0.4) is 0 Å². The Morgan fingerprint density at radius 1 is 1.43 bits per heavy atom. The van der Waals surface area contributed by atoms with E-state index in [1.54, 1.807) is 6.08 Å². The van der Waals surface area contributed by atoms with E-state index in [1.165, 1.54) is 5.37 Å². The Morgan fingerprint density at radius 3 is 2.86 bits per heavy atom. The maximum absolute atomic E-state index is 10.3. The summed E-state index contributed by atoms with van der Waals surface area (Å²) in [6.45, 7) is 4.33. The molecular weight excluding hydrogens is 198 g/mol. The number of pyridine rings is 1. The van der Waals surface area contributed by atoms with E-state index in [-0.39, 0.29) is 0 Å². The van der Waals surface area contributed by atoms with Gasteiger partial charge in [-0.3, -0.25) is 0 Å². The molecule has 1 rings (SSSR count). The number of aryl methyl sites for hydroxylation is 1. The zero-order valence-corrected chi connectivity index (χ0v) is 8.57. The van der Waals surface area contributed by atoms with E-state index in [4.69, 9.17) is 0 Å². The zero-order valence-electron chi connectivity index (χ0n) is 7.76. The van der Waals surface area contributed by atoms with Crippen LogP contribution >= 0.6 is 0 Å². The lowest BCUT2D eigenvalue weighted by molar-refractivity contribution is -0.697. The lowest BCUT2D eigenvalue weighted by Gasteiger charge is -1.96. The summed E-state index contributed by atoms with van der Waals surface area (Å²) in [5.74, 6) is 0. The summed E-state index contributed by atoms with van der Waals surface area (Å²) in [6, 6.07) is 5.76. The lowest BCUT2D eigenvalue weighted by Crippen LogP contribution is -2.36. The van der Waals surface area contributed by atoms with Gasteiger partial charge in [0.25, 0.3) is 0 Å². The van der Waals surface area contributed by atoms with Crippen LogP contribution in [-0.4, -0.2) is 13.8 Å². The lowest BCUT2D eigenvalue weighted by atomic mass is 10.3. The summed E-state index contributed by atoms with van der Waals surface area (Å²) in [6.07, 6.45) is 4.15. The molecule has 1 aromatic rings. The molecule has 0 aliphatic carbocycles. The molecule has 1 aromatic heterocycles. The van der Waals surface area contributed by atoms with Gasteiger partial charge in [0, 0.05) is 30.0 Å². The Morgan fingerprint density at radius 2 is 2.21 bits per heavy atom. The summed E-state index contributed by atoms with van der Waals surface area (Å²) in [5, 5.41) is 1.26. The standard InChI is InChI=1S/C10H12NO2S/c1-2-10-6-3-4-7-11(10)8-5-9-14(12)13/h2-4,6-7,9H,1,5,8H2/q+1. The molecule has 0 saturated heterocycles. The van der Waals surface area contributed by atoms with E-state index >= 15 is 0 Å². The highest BCUT2D eigenvalue weighted by Crippen LogP contribution is 1.92. The average Bonchev–Trinajstić information content (AvgIpc) is 2.18. The van der Waals surface area contributed by atoms with Gasteiger partial charge in [0.2, 0.25) is 16.0 Å². The highest BCUT2D eigenvalue weighted by molar-refractivity contribution is 7.71. The molecule has 74 valence electrons. The second-order valence-electron chi connectivity index (χ2n) is 2.74. The Labute approximate surface area is 84.9 Å². The van der Waals surface area contributed by atoms with Gasteiger partial charge >= 0.3 is 0 Å². The third-order valence-electron chi connectivity index (χ3n) is 1.81. The second-order valence-corrected chi connectivity index (χ2v) is 3.59. The van der Waals surface area contributed by atoms with Gasteiger partial charge in [-0.25, -0.2) is 0 Å². The molecule has 0 spiro atoms. The van der Waals surface area contributed by atoms with Crippen LogP contribution in [0.1, 0.15) is 12.1 Å². The third-order valence-corrected chi connectivity index (χ3v) is 2.32. The number of aromatic nitrogens is 1. The minimum Gasteiger partial charge on any atom is -0.198 e. The van der Waals surface area contributed by atoms with Crippen LogP contribution in [0.15, 0.2) is 31.0 Å². The fraction of sp³-hybridized carbons (Fsp3) is 0.200. The first-order chi connectivity index (χ1) is 6.74. The van der Waals surface area contributed by atoms with E-state index in [1.807, 2.05) is 29.0 Å². The van der Waals surface area contributed by atoms with Crippen LogP contribution in [0, 0.1) is 0 Å². The van der Waals surface area contributed by atoms with Gasteiger partial charge in [-0.15, -0.1) is 0 Å². The summed E-state index contributed by atoms with van der Waals surface area (Å²) < 4.78 is 22.5. The Bertz CT molecular complexity index is 441. The molecule has 0 unspecified atom stereocenters. The molecule has 3 nitrogen and oxygen atoms in total. The van der Waals surface area contributed by atoms with Crippen molar-refractivity contribution >= 4 is 21.7 Å². The maximum Gasteiger partial charge on any atom is 0.210 e. The molecule has 1 heterocycles. The van der Waals surface area contributed by atoms with Crippen molar-refractivity contribution in [2.24, 2.45) is 0 Å². The second kappa shape index (κ2) is 5.34. The quantitative estimate of drug-likeness (QED) is 0.541. The molecule has 0 aliphatic heterocycles. The number of hydrogen-bond acceptors (Lipinski definition) is 2. The fourth-order valence-electron chi connectivity index (χ4n) is 1.17. The molecule has 0 saturated carbocycles. The van der Waals surface area contributed by atoms with Gasteiger partial charge in [-0.05, 0) is 6.07 Å². The van der Waals surface area contributed by atoms with Crippen LogP contribution < -0.4 is 4.57 Å². The van der Waals surface area contributed by atoms with Crippen LogP contribution in [-0.2, 0) is 16.8 Å². The van der Waals surface area contributed by atoms with Gasteiger partial charge in [0.1, 0.15) is 0 Å². The van der Waals surface area contributed by atoms with E-state index in [2.05, 4.69) is 6.58 Å². The molecule has 0 bridgehead atoms. The predicted molar refractivity (Wildman–Crippen MR) is 56.3 cm³/mol. The molecule has 0 amide bonds. The Kier molecular flexibility index (Phi) is 4.07. The molecule has 4 heteroatoms. The first kappa shape index (κ1) is 10.7. The number of nitrogens with zero attached hydrogens (tertiary/aromatic N) is 1. The van der Waals surface area contributed by atoms with E-state index in [0.29, 0.717) is 13.0 Å². The van der Waals surface area contributed by atoms with Crippen molar-refractivity contribution in [1.82, 2.24) is 0 Å². The monoisotopic (exact) mass is 210 g/mol. The van der Waals surface area contributed by atoms with E-state index in [9.17, 15) is 8.42 Å². The molecule has 0 aliphatic rings. The number of hydrogen-bond donors (Lipinski definition) is 0. The van der Waals surface area contributed by atoms with Crippen LogP contribution in [0.2, 0.25) is 0 Å². The van der Waals surface area contributed by atoms with Gasteiger partial charge in [0.15, 0.2) is 12.7 Å². The van der Waals surface area contributed by atoms with Crippen molar-refractivity contribution < 1.29 is 13.0 Å². The average molecular weight is 210 g/mol. The Hall–Kier alpha value is -1.42. The summed E-state index contributed by atoms with van der Waals surface area (Å²) >= 11 is 0. The predicted octanol–water partition coefficient (Wildman–Crippen LogP) is 0.689. The Balaban J connectivity index is 2.76. The maximum atomic E-state index is 10.3. The smallest absolute Gasteiger partial charge is 0.198 e. The molecule has 0 aromatic carbocycles. The van der Waals surface area contributed by atoms with E-state index in [0.717, 1.165) is 5.69 Å². The van der Waals surface area contributed by atoms with Crippen LogP contribution in [0.25, 0.3) is 6.08 Å². The van der Waals surface area contributed by atoms with Crippen molar-refractivity contribution in [2.45, 2.75) is 13.0 Å². The van der Waals surface area contributed by atoms with Gasteiger partial charge < -0.3 is 0 Å². The van der Waals surface area contributed by atoms with E-state index < -0.39 is 10.3 Å². The van der Waals surface area contributed by atoms with Crippen molar-refractivity contribution in [2.75, 3.05) is 0 Å². The number of rotatable bonds is 4. The van der Waals surface area contributed by atoms with Crippen molar-refractivity contribution in [3.05, 3.63) is 36.7 Å². The summed E-state index contributed by atoms with van der Waals surface area (Å²) in [5.41, 5.74) is 0.984. The SMILES string of the molecule is C=Cc1cccc[n+]1CCC=S(=O)=O. The molecule has 14 heavy (non-hydrogen) atoms. The van der Waals surface area contributed by atoms with Crippen LogP contribution in [0.4, 0.5) is 0 Å². The largest absolute Gasteiger partial charge is 0.210 e. The molecule has 0 fully saturated rings. The van der Waals surface area contributed by atoms with Crippen LogP contribution in [0.5, 0.6) is 0 Å². The van der Waals surface area contributed by atoms with Gasteiger partial charge in [-0.1, -0.05) is 6.58 Å². The minimum absolute atomic E-state index is 0.506. The van der Waals surface area contributed by atoms with Crippen molar-refractivity contribution in [3.8, 4) is 0 Å². The fourth-order valence-corrected chi connectivity index (χ4v) is 1.46. The highest BCUT2D eigenvalue weighted by Gasteiger charge is 2.03. The zero-order chi connectivity index (χ0) is 10.4. The molecule has 0 N–H and O–H groups in total. The topological polar surface area (TPSA) is 38.0 Å². The molecular formula is C10H12NO2S+. The normalized spacial score (nSPS) is 9.43. The van der Waals surface area contributed by atoms with Crippen molar-refractivity contribution in [1.29, 1.82) is 0 Å². The van der Waals surface area contributed by atoms with Crippen molar-refractivity contribution in [3.63, 3.8) is 0 Å². The minimum atomic E-state index is -2.06. The highest BCUT2D eigenvalue weighted by atomic mass is 32.2. The first-order valence-corrected chi connectivity index (χ1v) is 5.40. The van der Waals surface area contributed by atoms with Gasteiger partial charge in [0.05, 0.1) is 0 Å². The molecule has 0 atom stereocenters. The van der Waals surface area contributed by atoms with Gasteiger partial charge in [-0.2, -0.15) is 13.0 Å². The molecule has 0 radical (unpaired) electrons. The first-order valence-electron chi connectivity index (χ1n) is 4.26. The third kappa shape index (κ3) is 3.14. The summed E-state index contributed by atoms with van der Waals surface area (Å²) in [7, 11) is -2.06.